The molecule has 2 aromatic rings. The Labute approximate surface area is 139 Å². The second-order valence-electron chi connectivity index (χ2n) is 4.30. The third-order valence-electron chi connectivity index (χ3n) is 2.74. The van der Waals surface area contributed by atoms with Gasteiger partial charge in [0, 0.05) is 21.3 Å². The van der Waals surface area contributed by atoms with Crippen LogP contribution in [0.15, 0.2) is 53.9 Å². The molecular weight excluding hydrogens is 401 g/mol. The fourth-order valence-electron chi connectivity index (χ4n) is 1.65. The maximum atomic E-state index is 12.0. The summed E-state index contributed by atoms with van der Waals surface area (Å²) in [6, 6.07) is 14.0. The molecule has 6 heteroatoms. The van der Waals surface area contributed by atoms with Crippen molar-refractivity contribution in [3.63, 3.8) is 0 Å². The van der Waals surface area contributed by atoms with Crippen molar-refractivity contribution in [2.45, 2.75) is 5.75 Å². The smallest absolute Gasteiger partial charge is 0.269 e. The second-order valence-corrected chi connectivity index (χ2v) is 6.87. The molecule has 4 nitrogen and oxygen atoms in total. The minimum atomic E-state index is -1.11. The molecule has 0 amide bonds. The zero-order valence-corrected chi connectivity index (χ0v) is 13.9. The minimum Gasteiger partial charge on any atom is -0.612 e. The summed E-state index contributed by atoms with van der Waals surface area (Å²) >= 11 is 1.11. The third-order valence-corrected chi connectivity index (χ3v) is 4.52. The Morgan fingerprint density at radius 1 is 1.10 bits per heavy atom. The van der Waals surface area contributed by atoms with E-state index in [1.54, 1.807) is 23.6 Å². The molecule has 0 saturated heterocycles. The molecule has 0 heterocycles. The molecule has 0 fully saturated rings. The van der Waals surface area contributed by atoms with E-state index in [1.165, 1.54) is 12.1 Å². The molecular formula is C15H12INO3S. The number of nitrogens with zero attached hydrogens (tertiary/aromatic N) is 1. The SMILES string of the molecule is O=[N+]([O-])c1ccc(C=C[S+]([O-])Cc2ccc(I)cc2)cc1. The Morgan fingerprint density at radius 3 is 2.29 bits per heavy atom. The Hall–Kier alpha value is -1.38. The first-order chi connectivity index (χ1) is 10.0. The van der Waals surface area contributed by atoms with Crippen LogP contribution >= 0.6 is 22.6 Å². The van der Waals surface area contributed by atoms with Gasteiger partial charge in [0.1, 0.15) is 11.2 Å². The Morgan fingerprint density at radius 2 is 1.71 bits per heavy atom. The molecule has 0 spiro atoms. The topological polar surface area (TPSA) is 66.2 Å². The summed E-state index contributed by atoms with van der Waals surface area (Å²) in [6.07, 6.45) is 1.71. The Kier molecular flexibility index (Phi) is 5.77. The minimum absolute atomic E-state index is 0.0483. The van der Waals surface area contributed by atoms with Crippen molar-refractivity contribution in [3.05, 3.63) is 78.8 Å². The van der Waals surface area contributed by atoms with E-state index in [0.717, 1.165) is 14.7 Å². The highest BCUT2D eigenvalue weighted by Gasteiger charge is 2.05. The maximum Gasteiger partial charge on any atom is 0.269 e. The van der Waals surface area contributed by atoms with Gasteiger partial charge in [-0.15, -0.1) is 0 Å². The van der Waals surface area contributed by atoms with E-state index in [9.17, 15) is 14.7 Å². The van der Waals surface area contributed by atoms with E-state index in [4.69, 9.17) is 0 Å². The van der Waals surface area contributed by atoms with Crippen LogP contribution in [0.2, 0.25) is 0 Å². The van der Waals surface area contributed by atoms with Gasteiger partial charge in [-0.2, -0.15) is 0 Å². The molecule has 0 bridgehead atoms. The number of nitro groups is 1. The van der Waals surface area contributed by atoms with Crippen LogP contribution in [0.1, 0.15) is 11.1 Å². The summed E-state index contributed by atoms with van der Waals surface area (Å²) < 4.78 is 13.1. The summed E-state index contributed by atoms with van der Waals surface area (Å²) in [5, 5.41) is 12.2. The van der Waals surface area contributed by atoms with Gasteiger partial charge in [-0.05, 0) is 69.7 Å². The zero-order valence-electron chi connectivity index (χ0n) is 10.9. The van der Waals surface area contributed by atoms with Gasteiger partial charge in [-0.1, -0.05) is 12.1 Å². The van der Waals surface area contributed by atoms with Gasteiger partial charge in [-0.3, -0.25) is 10.1 Å². The summed E-state index contributed by atoms with van der Waals surface area (Å²) in [7, 11) is 0. The van der Waals surface area contributed by atoms with Crippen molar-refractivity contribution >= 4 is 45.5 Å². The second kappa shape index (κ2) is 7.58. The first-order valence-electron chi connectivity index (χ1n) is 6.09. The van der Waals surface area contributed by atoms with E-state index in [1.807, 2.05) is 24.3 Å². The predicted molar refractivity (Wildman–Crippen MR) is 93.1 cm³/mol. The fourth-order valence-corrected chi connectivity index (χ4v) is 2.94. The van der Waals surface area contributed by atoms with Gasteiger partial charge in [0.05, 0.1) is 4.92 Å². The Bertz CT molecular complexity index is 641. The Balaban J connectivity index is 1.96. The number of hydrogen-bond acceptors (Lipinski definition) is 3. The van der Waals surface area contributed by atoms with Gasteiger partial charge in [0.25, 0.3) is 5.69 Å². The van der Waals surface area contributed by atoms with Crippen LogP contribution in [0.3, 0.4) is 0 Å². The molecule has 2 rings (SSSR count). The first kappa shape index (κ1) is 16.0. The summed E-state index contributed by atoms with van der Waals surface area (Å²) in [5.74, 6) is 0.459. The number of halogens is 1. The van der Waals surface area contributed by atoms with E-state index in [0.29, 0.717) is 5.75 Å². The molecule has 21 heavy (non-hydrogen) atoms. The number of hydrogen-bond donors (Lipinski definition) is 0. The molecule has 1 unspecified atom stereocenters. The first-order valence-corrected chi connectivity index (χ1v) is 8.55. The lowest BCUT2D eigenvalue weighted by molar-refractivity contribution is -0.384. The highest BCUT2D eigenvalue weighted by atomic mass is 127. The normalized spacial score (nSPS) is 12.5. The van der Waals surface area contributed by atoms with Gasteiger partial charge in [0.2, 0.25) is 0 Å². The predicted octanol–water partition coefficient (Wildman–Crippen LogP) is 4.12. The van der Waals surface area contributed by atoms with Gasteiger partial charge in [-0.25, -0.2) is 0 Å². The summed E-state index contributed by atoms with van der Waals surface area (Å²) in [5.41, 5.74) is 1.85. The van der Waals surface area contributed by atoms with Crippen molar-refractivity contribution < 1.29 is 9.48 Å². The molecule has 0 aliphatic rings. The molecule has 108 valence electrons. The lowest BCUT2D eigenvalue weighted by Gasteiger charge is -2.05. The van der Waals surface area contributed by atoms with Gasteiger partial charge < -0.3 is 4.55 Å². The molecule has 2 aromatic carbocycles. The van der Waals surface area contributed by atoms with Crippen LogP contribution in [0, 0.1) is 13.7 Å². The number of rotatable bonds is 5. The van der Waals surface area contributed by atoms with Gasteiger partial charge in [0.15, 0.2) is 0 Å². The zero-order chi connectivity index (χ0) is 15.2. The van der Waals surface area contributed by atoms with E-state index >= 15 is 0 Å². The molecule has 0 aliphatic carbocycles. The van der Waals surface area contributed by atoms with E-state index in [-0.39, 0.29) is 5.69 Å². The highest BCUT2D eigenvalue weighted by molar-refractivity contribution is 14.1. The van der Waals surface area contributed by atoms with Crippen molar-refractivity contribution in [3.8, 4) is 0 Å². The molecule has 0 radical (unpaired) electrons. The quantitative estimate of drug-likeness (QED) is 0.321. The van der Waals surface area contributed by atoms with Crippen LogP contribution in [0.4, 0.5) is 5.69 Å². The lowest BCUT2D eigenvalue weighted by atomic mass is 10.2. The van der Waals surface area contributed by atoms with Crippen LogP contribution in [-0.2, 0) is 16.9 Å². The van der Waals surface area contributed by atoms with Crippen LogP contribution < -0.4 is 0 Å². The molecule has 0 aromatic heterocycles. The van der Waals surface area contributed by atoms with Crippen molar-refractivity contribution in [2.24, 2.45) is 0 Å². The summed E-state index contributed by atoms with van der Waals surface area (Å²) in [6.45, 7) is 0. The largest absolute Gasteiger partial charge is 0.612 e. The van der Waals surface area contributed by atoms with E-state index in [2.05, 4.69) is 22.6 Å². The monoisotopic (exact) mass is 413 g/mol. The van der Waals surface area contributed by atoms with Gasteiger partial charge >= 0.3 is 0 Å². The average molecular weight is 413 g/mol. The maximum absolute atomic E-state index is 12.0. The van der Waals surface area contributed by atoms with Crippen LogP contribution in [-0.4, -0.2) is 9.48 Å². The number of benzene rings is 2. The van der Waals surface area contributed by atoms with Crippen LogP contribution in [0.25, 0.3) is 6.08 Å². The lowest BCUT2D eigenvalue weighted by Crippen LogP contribution is -1.99. The van der Waals surface area contributed by atoms with Crippen molar-refractivity contribution in [1.29, 1.82) is 0 Å². The molecule has 0 N–H and O–H groups in total. The molecule has 1 atom stereocenters. The number of nitro benzene ring substituents is 1. The number of non-ortho nitro benzene ring substituents is 1. The molecule has 0 aliphatic heterocycles. The third kappa shape index (κ3) is 5.14. The van der Waals surface area contributed by atoms with Crippen molar-refractivity contribution in [1.82, 2.24) is 0 Å². The summed E-state index contributed by atoms with van der Waals surface area (Å²) in [4.78, 5) is 10.1. The standard InChI is InChI=1S/C15H12INO3S/c16-14-5-1-13(2-6-14)11-21(20)10-9-12-3-7-15(8-4-12)17(18)19/h1-10H,11H2. The molecule has 0 saturated carbocycles. The van der Waals surface area contributed by atoms with Crippen molar-refractivity contribution in [2.75, 3.05) is 0 Å². The van der Waals surface area contributed by atoms with Crippen LogP contribution in [0.5, 0.6) is 0 Å². The van der Waals surface area contributed by atoms with E-state index < -0.39 is 16.1 Å². The fraction of sp³-hybridized carbons (Fsp3) is 0.0667. The average Bonchev–Trinajstić information content (AvgIpc) is 2.48. The highest BCUT2D eigenvalue weighted by Crippen LogP contribution is 2.15.